The minimum absolute atomic E-state index is 0.0711. The standard InChI is InChI=1S/C11H16ClN/c1-8(13)11(2,3)9-6-4-5-7-10(9)12/h4-8H,13H2,1-3H3. The zero-order valence-electron chi connectivity index (χ0n) is 8.34. The third-order valence-corrected chi connectivity index (χ3v) is 3.04. The van der Waals surface area contributed by atoms with Crippen LogP contribution in [0.1, 0.15) is 26.3 Å². The van der Waals surface area contributed by atoms with Gasteiger partial charge >= 0.3 is 0 Å². The van der Waals surface area contributed by atoms with Gasteiger partial charge in [-0.3, -0.25) is 0 Å². The molecule has 0 aliphatic carbocycles. The molecule has 0 fully saturated rings. The van der Waals surface area contributed by atoms with Crippen molar-refractivity contribution >= 4 is 11.6 Å². The van der Waals surface area contributed by atoms with Gasteiger partial charge in [0.15, 0.2) is 0 Å². The van der Waals surface area contributed by atoms with Crippen LogP contribution in [-0.2, 0) is 5.41 Å². The summed E-state index contributed by atoms with van der Waals surface area (Å²) in [5.74, 6) is 0. The Morgan fingerprint density at radius 3 is 2.31 bits per heavy atom. The van der Waals surface area contributed by atoms with E-state index in [2.05, 4.69) is 13.8 Å². The largest absolute Gasteiger partial charge is 0.327 e. The zero-order chi connectivity index (χ0) is 10.1. The molecule has 0 heterocycles. The molecule has 1 aromatic rings. The molecule has 0 bridgehead atoms. The molecule has 0 radical (unpaired) electrons. The van der Waals surface area contributed by atoms with E-state index in [1.54, 1.807) is 0 Å². The van der Waals surface area contributed by atoms with Crippen LogP contribution in [0.5, 0.6) is 0 Å². The lowest BCUT2D eigenvalue weighted by atomic mass is 9.79. The summed E-state index contributed by atoms with van der Waals surface area (Å²) in [6.07, 6.45) is 0. The summed E-state index contributed by atoms with van der Waals surface area (Å²) in [7, 11) is 0. The molecule has 72 valence electrons. The maximum atomic E-state index is 6.10. The summed E-state index contributed by atoms with van der Waals surface area (Å²) in [4.78, 5) is 0. The second-order valence-electron chi connectivity index (χ2n) is 3.99. The molecule has 0 saturated heterocycles. The minimum atomic E-state index is -0.0711. The second kappa shape index (κ2) is 3.69. The van der Waals surface area contributed by atoms with Crippen LogP contribution in [0.15, 0.2) is 24.3 Å². The van der Waals surface area contributed by atoms with Crippen molar-refractivity contribution in [3.8, 4) is 0 Å². The van der Waals surface area contributed by atoms with Crippen LogP contribution in [0.25, 0.3) is 0 Å². The molecule has 1 aromatic carbocycles. The van der Waals surface area contributed by atoms with Gasteiger partial charge in [-0.15, -0.1) is 0 Å². The highest BCUT2D eigenvalue weighted by Crippen LogP contribution is 2.31. The zero-order valence-corrected chi connectivity index (χ0v) is 9.10. The molecule has 2 heteroatoms. The molecule has 1 atom stereocenters. The van der Waals surface area contributed by atoms with Gasteiger partial charge < -0.3 is 5.73 Å². The lowest BCUT2D eigenvalue weighted by molar-refractivity contribution is 0.434. The Morgan fingerprint density at radius 2 is 1.85 bits per heavy atom. The van der Waals surface area contributed by atoms with Gasteiger partial charge in [-0.2, -0.15) is 0 Å². The van der Waals surface area contributed by atoms with Crippen LogP contribution in [-0.4, -0.2) is 6.04 Å². The van der Waals surface area contributed by atoms with Crippen molar-refractivity contribution < 1.29 is 0 Å². The van der Waals surface area contributed by atoms with Crippen molar-refractivity contribution in [2.45, 2.75) is 32.2 Å². The van der Waals surface area contributed by atoms with E-state index < -0.39 is 0 Å². The summed E-state index contributed by atoms with van der Waals surface area (Å²) in [5.41, 5.74) is 6.96. The van der Waals surface area contributed by atoms with Crippen LogP contribution in [0.3, 0.4) is 0 Å². The number of hydrogen-bond acceptors (Lipinski definition) is 1. The second-order valence-corrected chi connectivity index (χ2v) is 4.40. The third-order valence-electron chi connectivity index (χ3n) is 2.71. The minimum Gasteiger partial charge on any atom is -0.327 e. The van der Waals surface area contributed by atoms with Crippen LogP contribution < -0.4 is 5.73 Å². The van der Waals surface area contributed by atoms with E-state index in [1.165, 1.54) is 0 Å². The first-order valence-corrected chi connectivity index (χ1v) is 4.84. The van der Waals surface area contributed by atoms with Gasteiger partial charge in [0.25, 0.3) is 0 Å². The van der Waals surface area contributed by atoms with Gasteiger partial charge in [0.05, 0.1) is 0 Å². The Hall–Kier alpha value is -0.530. The van der Waals surface area contributed by atoms with E-state index in [9.17, 15) is 0 Å². The number of nitrogens with two attached hydrogens (primary N) is 1. The summed E-state index contributed by atoms with van der Waals surface area (Å²) < 4.78 is 0. The van der Waals surface area contributed by atoms with Crippen molar-refractivity contribution in [3.63, 3.8) is 0 Å². The Kier molecular flexibility index (Phi) is 2.99. The SMILES string of the molecule is CC(N)C(C)(C)c1ccccc1Cl. The molecule has 1 nitrogen and oxygen atoms in total. The highest BCUT2D eigenvalue weighted by molar-refractivity contribution is 6.31. The third kappa shape index (κ3) is 2.04. The smallest absolute Gasteiger partial charge is 0.0444 e. The van der Waals surface area contributed by atoms with E-state index in [1.807, 2.05) is 31.2 Å². The van der Waals surface area contributed by atoms with Crippen molar-refractivity contribution in [1.82, 2.24) is 0 Å². The highest BCUT2D eigenvalue weighted by Gasteiger charge is 2.26. The molecule has 0 aliphatic heterocycles. The molecule has 2 N–H and O–H groups in total. The number of halogens is 1. The van der Waals surface area contributed by atoms with Crippen LogP contribution in [0.2, 0.25) is 5.02 Å². The van der Waals surface area contributed by atoms with E-state index in [0.717, 1.165) is 10.6 Å². The van der Waals surface area contributed by atoms with E-state index in [0.29, 0.717) is 0 Å². The van der Waals surface area contributed by atoms with E-state index in [-0.39, 0.29) is 11.5 Å². The molecule has 0 saturated carbocycles. The summed E-state index contributed by atoms with van der Waals surface area (Å²) in [6.45, 7) is 6.22. The van der Waals surface area contributed by atoms with Gasteiger partial charge in [-0.1, -0.05) is 43.6 Å². The van der Waals surface area contributed by atoms with Crippen molar-refractivity contribution in [1.29, 1.82) is 0 Å². The van der Waals surface area contributed by atoms with Crippen LogP contribution in [0, 0.1) is 0 Å². The van der Waals surface area contributed by atoms with Crippen molar-refractivity contribution in [2.75, 3.05) is 0 Å². The summed E-state index contributed by atoms with van der Waals surface area (Å²) in [6, 6.07) is 7.95. The molecule has 0 aromatic heterocycles. The van der Waals surface area contributed by atoms with Gasteiger partial charge in [-0.05, 0) is 18.6 Å². The van der Waals surface area contributed by atoms with Crippen molar-refractivity contribution in [2.24, 2.45) is 5.73 Å². The normalized spacial score (nSPS) is 14.2. The first-order valence-electron chi connectivity index (χ1n) is 4.47. The first kappa shape index (κ1) is 10.6. The van der Waals surface area contributed by atoms with E-state index >= 15 is 0 Å². The van der Waals surface area contributed by atoms with Gasteiger partial charge in [0, 0.05) is 16.5 Å². The quantitative estimate of drug-likeness (QED) is 0.775. The number of benzene rings is 1. The Balaban J connectivity index is 3.14. The lowest BCUT2D eigenvalue weighted by Crippen LogP contribution is -2.38. The highest BCUT2D eigenvalue weighted by atomic mass is 35.5. The van der Waals surface area contributed by atoms with Crippen LogP contribution in [0.4, 0.5) is 0 Å². The van der Waals surface area contributed by atoms with Gasteiger partial charge in [0.1, 0.15) is 0 Å². The average Bonchev–Trinajstić information content (AvgIpc) is 2.04. The molecular formula is C11H16ClN. The molecule has 0 amide bonds. The molecule has 13 heavy (non-hydrogen) atoms. The molecule has 0 spiro atoms. The maximum absolute atomic E-state index is 6.10. The topological polar surface area (TPSA) is 26.0 Å². The predicted octanol–water partition coefficient (Wildman–Crippen LogP) is 2.96. The predicted molar refractivity (Wildman–Crippen MR) is 58.1 cm³/mol. The lowest BCUT2D eigenvalue weighted by Gasteiger charge is -2.30. The first-order chi connectivity index (χ1) is 5.96. The molecule has 1 rings (SSSR count). The fraction of sp³-hybridized carbons (Fsp3) is 0.455. The van der Waals surface area contributed by atoms with Gasteiger partial charge in [0.2, 0.25) is 0 Å². The van der Waals surface area contributed by atoms with E-state index in [4.69, 9.17) is 17.3 Å². The maximum Gasteiger partial charge on any atom is 0.0444 e. The van der Waals surface area contributed by atoms with Crippen LogP contribution >= 0.6 is 11.6 Å². The number of rotatable bonds is 2. The summed E-state index contributed by atoms with van der Waals surface area (Å²) in [5, 5.41) is 0.796. The fourth-order valence-electron chi connectivity index (χ4n) is 1.23. The molecule has 1 unspecified atom stereocenters. The fourth-order valence-corrected chi connectivity index (χ4v) is 1.61. The summed E-state index contributed by atoms with van der Waals surface area (Å²) >= 11 is 6.10. The Morgan fingerprint density at radius 1 is 1.31 bits per heavy atom. The van der Waals surface area contributed by atoms with Gasteiger partial charge in [-0.25, -0.2) is 0 Å². The monoisotopic (exact) mass is 197 g/mol. The molecular weight excluding hydrogens is 182 g/mol. The Labute approximate surface area is 84.9 Å². The molecule has 0 aliphatic rings. The number of hydrogen-bond donors (Lipinski definition) is 1. The Bertz CT molecular complexity index is 292. The average molecular weight is 198 g/mol. The van der Waals surface area contributed by atoms with Crippen molar-refractivity contribution in [3.05, 3.63) is 34.9 Å².